The Hall–Kier alpha value is -2.21. The fraction of sp³-hybridized carbons (Fsp3) is 0.550. The number of carbonyl (C=O) groups excluding carboxylic acids is 1. The topological polar surface area (TPSA) is 67.2 Å². The standard InChI is InChI=1S/C20H28N4O2/c1-16-20(26)24(18-9-4-3-8-17(18)22-16)15-10-19(25)21-11-7-14-23-12-5-2-6-13-23/h3-4,8-9H,2,5-7,10-15H2,1H3,(H,21,25). The number of benzene rings is 1. The minimum atomic E-state index is -0.124. The predicted molar refractivity (Wildman–Crippen MR) is 103 cm³/mol. The van der Waals surface area contributed by atoms with E-state index >= 15 is 0 Å². The van der Waals surface area contributed by atoms with Crippen LogP contribution in [0.15, 0.2) is 29.1 Å². The van der Waals surface area contributed by atoms with Crippen LogP contribution in [-0.2, 0) is 11.3 Å². The van der Waals surface area contributed by atoms with Crippen molar-refractivity contribution in [3.63, 3.8) is 0 Å². The summed E-state index contributed by atoms with van der Waals surface area (Å²) >= 11 is 0. The molecule has 1 aromatic carbocycles. The lowest BCUT2D eigenvalue weighted by Crippen LogP contribution is -2.34. The van der Waals surface area contributed by atoms with E-state index in [9.17, 15) is 9.59 Å². The lowest BCUT2D eigenvalue weighted by Gasteiger charge is -2.26. The molecular formula is C20H28N4O2. The average molecular weight is 356 g/mol. The van der Waals surface area contributed by atoms with Gasteiger partial charge in [-0.2, -0.15) is 0 Å². The quantitative estimate of drug-likeness (QED) is 0.772. The number of nitrogens with one attached hydrogen (secondary N) is 1. The van der Waals surface area contributed by atoms with E-state index in [2.05, 4.69) is 15.2 Å². The van der Waals surface area contributed by atoms with E-state index in [0.29, 0.717) is 25.2 Å². The van der Waals surface area contributed by atoms with Gasteiger partial charge in [-0.1, -0.05) is 18.6 Å². The highest BCUT2D eigenvalue weighted by Crippen LogP contribution is 2.10. The first-order valence-electron chi connectivity index (χ1n) is 9.60. The van der Waals surface area contributed by atoms with Crippen molar-refractivity contribution in [1.29, 1.82) is 0 Å². The van der Waals surface area contributed by atoms with Gasteiger partial charge in [0.05, 0.1) is 11.0 Å². The first kappa shape index (κ1) is 18.6. The van der Waals surface area contributed by atoms with Gasteiger partial charge < -0.3 is 14.8 Å². The number of hydrogen-bond donors (Lipinski definition) is 1. The summed E-state index contributed by atoms with van der Waals surface area (Å²) in [6.45, 7) is 6.21. The van der Waals surface area contributed by atoms with Gasteiger partial charge in [0.1, 0.15) is 5.69 Å². The van der Waals surface area contributed by atoms with Crippen molar-refractivity contribution >= 4 is 16.9 Å². The molecule has 1 saturated heterocycles. The molecule has 1 amide bonds. The van der Waals surface area contributed by atoms with E-state index in [4.69, 9.17) is 0 Å². The zero-order valence-electron chi connectivity index (χ0n) is 15.5. The molecule has 1 aliphatic rings. The Morgan fingerprint density at radius 2 is 1.92 bits per heavy atom. The highest BCUT2D eigenvalue weighted by Gasteiger charge is 2.11. The first-order chi connectivity index (χ1) is 12.6. The van der Waals surface area contributed by atoms with Gasteiger partial charge in [0, 0.05) is 19.5 Å². The summed E-state index contributed by atoms with van der Waals surface area (Å²) < 4.78 is 1.66. The van der Waals surface area contributed by atoms with Crippen LogP contribution in [0.5, 0.6) is 0 Å². The van der Waals surface area contributed by atoms with E-state index in [1.165, 1.54) is 32.4 Å². The summed E-state index contributed by atoms with van der Waals surface area (Å²) in [6.07, 6.45) is 5.21. The minimum absolute atomic E-state index is 0.00547. The van der Waals surface area contributed by atoms with Crippen molar-refractivity contribution in [1.82, 2.24) is 19.8 Å². The SMILES string of the molecule is Cc1nc2ccccc2n(CCC(=O)NCCCN2CCCCC2)c1=O. The third kappa shape index (κ3) is 4.69. The number of aromatic nitrogens is 2. The van der Waals surface area contributed by atoms with Gasteiger partial charge in [0.2, 0.25) is 5.91 Å². The molecule has 26 heavy (non-hydrogen) atoms. The van der Waals surface area contributed by atoms with E-state index in [1.807, 2.05) is 24.3 Å². The number of nitrogens with zero attached hydrogens (tertiary/aromatic N) is 3. The maximum atomic E-state index is 12.4. The van der Waals surface area contributed by atoms with Crippen molar-refractivity contribution in [3.8, 4) is 0 Å². The fourth-order valence-electron chi connectivity index (χ4n) is 3.56. The van der Waals surface area contributed by atoms with Crippen LogP contribution < -0.4 is 10.9 Å². The van der Waals surface area contributed by atoms with Crippen LogP contribution in [0.4, 0.5) is 0 Å². The number of aryl methyl sites for hydroxylation is 2. The minimum Gasteiger partial charge on any atom is -0.356 e. The Morgan fingerprint density at radius 1 is 1.15 bits per heavy atom. The van der Waals surface area contributed by atoms with Crippen molar-refractivity contribution in [3.05, 3.63) is 40.3 Å². The molecule has 140 valence electrons. The molecule has 0 aliphatic carbocycles. The molecule has 0 spiro atoms. The second-order valence-electron chi connectivity index (χ2n) is 7.00. The monoisotopic (exact) mass is 356 g/mol. The molecule has 3 rings (SSSR count). The van der Waals surface area contributed by atoms with E-state index in [1.54, 1.807) is 11.5 Å². The first-order valence-corrected chi connectivity index (χ1v) is 9.60. The third-order valence-electron chi connectivity index (χ3n) is 5.00. The van der Waals surface area contributed by atoms with Crippen molar-refractivity contribution < 1.29 is 4.79 Å². The van der Waals surface area contributed by atoms with Crippen LogP contribution in [0, 0.1) is 6.92 Å². The van der Waals surface area contributed by atoms with Gasteiger partial charge >= 0.3 is 0 Å². The zero-order chi connectivity index (χ0) is 18.4. The predicted octanol–water partition coefficient (Wildman–Crippen LogP) is 2.09. The smallest absolute Gasteiger partial charge is 0.272 e. The molecule has 6 nitrogen and oxygen atoms in total. The molecule has 0 atom stereocenters. The molecule has 1 aliphatic heterocycles. The Morgan fingerprint density at radius 3 is 2.73 bits per heavy atom. The number of fused-ring (bicyclic) bond motifs is 1. The van der Waals surface area contributed by atoms with Crippen LogP contribution in [0.3, 0.4) is 0 Å². The second-order valence-corrected chi connectivity index (χ2v) is 7.00. The molecule has 0 unspecified atom stereocenters. The fourth-order valence-corrected chi connectivity index (χ4v) is 3.56. The van der Waals surface area contributed by atoms with Gasteiger partial charge in [-0.15, -0.1) is 0 Å². The highest BCUT2D eigenvalue weighted by molar-refractivity contribution is 5.77. The zero-order valence-corrected chi connectivity index (χ0v) is 15.5. The van der Waals surface area contributed by atoms with E-state index in [0.717, 1.165) is 24.0 Å². The Bertz CT molecular complexity index is 809. The largest absolute Gasteiger partial charge is 0.356 e. The molecule has 1 N–H and O–H groups in total. The Labute approximate surface area is 154 Å². The van der Waals surface area contributed by atoms with Gasteiger partial charge in [-0.05, 0) is 58.0 Å². The number of likely N-dealkylation sites (tertiary alicyclic amines) is 1. The number of para-hydroxylation sites is 2. The number of carbonyl (C=O) groups is 1. The second kappa shape index (κ2) is 8.94. The summed E-state index contributed by atoms with van der Waals surface area (Å²) in [5.74, 6) is -0.00547. The lowest BCUT2D eigenvalue weighted by molar-refractivity contribution is -0.121. The molecule has 0 saturated carbocycles. The van der Waals surface area contributed by atoms with Crippen molar-refractivity contribution in [2.24, 2.45) is 0 Å². The molecule has 1 aromatic heterocycles. The van der Waals surface area contributed by atoms with Crippen LogP contribution in [0.2, 0.25) is 0 Å². The normalized spacial score (nSPS) is 15.3. The Balaban J connectivity index is 1.49. The molecule has 1 fully saturated rings. The molecule has 0 bridgehead atoms. The average Bonchev–Trinajstić information content (AvgIpc) is 2.66. The molecule has 0 radical (unpaired) electrons. The summed E-state index contributed by atoms with van der Waals surface area (Å²) in [5.41, 5.74) is 1.90. The van der Waals surface area contributed by atoms with E-state index in [-0.39, 0.29) is 11.5 Å². The van der Waals surface area contributed by atoms with Gasteiger partial charge in [0.25, 0.3) is 5.56 Å². The van der Waals surface area contributed by atoms with Crippen LogP contribution in [0.25, 0.3) is 11.0 Å². The summed E-state index contributed by atoms with van der Waals surface area (Å²) in [5, 5.41) is 2.98. The summed E-state index contributed by atoms with van der Waals surface area (Å²) in [7, 11) is 0. The van der Waals surface area contributed by atoms with Gasteiger partial charge in [0.15, 0.2) is 0 Å². The van der Waals surface area contributed by atoms with Crippen molar-refractivity contribution in [2.75, 3.05) is 26.2 Å². The highest BCUT2D eigenvalue weighted by atomic mass is 16.1. The number of amides is 1. The summed E-state index contributed by atoms with van der Waals surface area (Å²) in [6, 6.07) is 7.55. The van der Waals surface area contributed by atoms with Crippen molar-refractivity contribution in [2.45, 2.75) is 45.6 Å². The molecule has 6 heteroatoms. The maximum Gasteiger partial charge on any atom is 0.272 e. The summed E-state index contributed by atoms with van der Waals surface area (Å²) in [4.78, 5) is 31.3. The van der Waals surface area contributed by atoms with E-state index < -0.39 is 0 Å². The van der Waals surface area contributed by atoms with Gasteiger partial charge in [-0.3, -0.25) is 9.59 Å². The van der Waals surface area contributed by atoms with Crippen LogP contribution >= 0.6 is 0 Å². The lowest BCUT2D eigenvalue weighted by atomic mass is 10.1. The molecular weight excluding hydrogens is 328 g/mol. The maximum absolute atomic E-state index is 12.4. The van der Waals surface area contributed by atoms with Crippen LogP contribution in [-0.4, -0.2) is 46.5 Å². The van der Waals surface area contributed by atoms with Crippen LogP contribution in [0.1, 0.15) is 37.8 Å². The number of piperidine rings is 1. The molecule has 2 heterocycles. The third-order valence-corrected chi connectivity index (χ3v) is 5.00. The number of rotatable bonds is 7. The van der Waals surface area contributed by atoms with Gasteiger partial charge in [-0.25, -0.2) is 4.98 Å². The number of hydrogen-bond acceptors (Lipinski definition) is 4. The molecule has 2 aromatic rings. The Kier molecular flexibility index (Phi) is 6.39.